The monoisotopic (exact) mass is 338 g/mol. The van der Waals surface area contributed by atoms with Crippen molar-refractivity contribution in [2.75, 3.05) is 11.9 Å². The second-order valence-electron chi connectivity index (χ2n) is 5.53. The molecule has 1 aliphatic rings. The molecular formula is C15H19BrN2S. The molecule has 0 saturated heterocycles. The molecule has 1 heterocycles. The van der Waals surface area contributed by atoms with E-state index < -0.39 is 0 Å². The molecule has 0 aliphatic heterocycles. The second-order valence-corrected chi connectivity index (χ2v) is 7.48. The third-order valence-corrected chi connectivity index (χ3v) is 5.62. The van der Waals surface area contributed by atoms with E-state index in [2.05, 4.69) is 51.4 Å². The Kier molecular flexibility index (Phi) is 4.08. The van der Waals surface area contributed by atoms with E-state index in [1.807, 2.05) is 0 Å². The smallest absolute Gasteiger partial charge is 0.183 e. The Morgan fingerprint density at radius 3 is 3.05 bits per heavy atom. The number of halogens is 1. The molecule has 4 heteroatoms. The largest absolute Gasteiger partial charge is 0.361 e. The Balaban J connectivity index is 1.68. The molecule has 0 bridgehead atoms. The molecule has 3 rings (SSSR count). The summed E-state index contributed by atoms with van der Waals surface area (Å²) in [7, 11) is 0. The highest BCUT2D eigenvalue weighted by molar-refractivity contribution is 9.10. The van der Waals surface area contributed by atoms with Crippen molar-refractivity contribution in [3.63, 3.8) is 0 Å². The Morgan fingerprint density at radius 2 is 2.21 bits per heavy atom. The minimum Gasteiger partial charge on any atom is -0.361 e. The van der Waals surface area contributed by atoms with Gasteiger partial charge in [-0.05, 0) is 36.5 Å². The van der Waals surface area contributed by atoms with Gasteiger partial charge in [-0.15, -0.1) is 0 Å². The summed E-state index contributed by atoms with van der Waals surface area (Å²) in [5.41, 5.74) is 1.09. The zero-order valence-corrected chi connectivity index (χ0v) is 13.6. The van der Waals surface area contributed by atoms with E-state index >= 15 is 0 Å². The zero-order chi connectivity index (χ0) is 13.2. The summed E-state index contributed by atoms with van der Waals surface area (Å²) < 4.78 is 2.37. The average Bonchev–Trinajstić information content (AvgIpc) is 2.79. The van der Waals surface area contributed by atoms with Crippen molar-refractivity contribution in [1.29, 1.82) is 0 Å². The molecule has 1 fully saturated rings. The predicted octanol–water partition coefficient (Wildman–Crippen LogP) is 5.30. The molecular weight excluding hydrogens is 320 g/mol. The van der Waals surface area contributed by atoms with Crippen LogP contribution in [0.3, 0.4) is 0 Å². The van der Waals surface area contributed by atoms with Crippen LogP contribution in [0, 0.1) is 11.8 Å². The molecule has 2 atom stereocenters. The molecule has 1 aliphatic carbocycles. The van der Waals surface area contributed by atoms with Gasteiger partial charge >= 0.3 is 0 Å². The topological polar surface area (TPSA) is 24.9 Å². The maximum absolute atomic E-state index is 4.65. The number of fused-ring (bicyclic) bond motifs is 1. The van der Waals surface area contributed by atoms with Crippen molar-refractivity contribution in [1.82, 2.24) is 4.98 Å². The van der Waals surface area contributed by atoms with Gasteiger partial charge in [-0.3, -0.25) is 0 Å². The minimum absolute atomic E-state index is 0.812. The number of benzene rings is 1. The maximum atomic E-state index is 4.65. The Bertz CT molecular complexity index is 566. The number of anilines is 1. The number of nitrogens with zero attached hydrogens (tertiary/aromatic N) is 1. The van der Waals surface area contributed by atoms with Crippen LogP contribution in [0.4, 0.5) is 5.13 Å². The SMILES string of the molecule is CC1CCCCC1CNc1nc2ccc(Br)cc2s1. The number of thiazole rings is 1. The summed E-state index contributed by atoms with van der Waals surface area (Å²) in [6, 6.07) is 6.26. The van der Waals surface area contributed by atoms with Crippen LogP contribution >= 0.6 is 27.3 Å². The normalized spacial score (nSPS) is 23.7. The third kappa shape index (κ3) is 3.11. The summed E-state index contributed by atoms with van der Waals surface area (Å²) in [6.07, 6.45) is 5.56. The van der Waals surface area contributed by atoms with Crippen LogP contribution in [0.2, 0.25) is 0 Å². The highest BCUT2D eigenvalue weighted by atomic mass is 79.9. The summed E-state index contributed by atoms with van der Waals surface area (Å²) in [5, 5.41) is 4.61. The molecule has 0 amide bonds. The summed E-state index contributed by atoms with van der Waals surface area (Å²) in [6.45, 7) is 3.46. The lowest BCUT2D eigenvalue weighted by atomic mass is 9.80. The van der Waals surface area contributed by atoms with Gasteiger partial charge < -0.3 is 5.32 Å². The molecule has 102 valence electrons. The van der Waals surface area contributed by atoms with Crippen LogP contribution in [0.25, 0.3) is 10.2 Å². The summed E-state index contributed by atoms with van der Waals surface area (Å²) in [4.78, 5) is 4.65. The number of rotatable bonds is 3. The van der Waals surface area contributed by atoms with Crippen LogP contribution in [-0.4, -0.2) is 11.5 Å². The lowest BCUT2D eigenvalue weighted by molar-refractivity contribution is 0.268. The zero-order valence-electron chi connectivity index (χ0n) is 11.2. The Morgan fingerprint density at radius 1 is 1.37 bits per heavy atom. The van der Waals surface area contributed by atoms with E-state index in [9.17, 15) is 0 Å². The molecule has 2 aromatic rings. The van der Waals surface area contributed by atoms with Crippen LogP contribution in [0.15, 0.2) is 22.7 Å². The summed E-state index contributed by atoms with van der Waals surface area (Å²) >= 11 is 5.26. The summed E-state index contributed by atoms with van der Waals surface area (Å²) in [5.74, 6) is 1.66. The Hall–Kier alpha value is -0.610. The fraction of sp³-hybridized carbons (Fsp3) is 0.533. The van der Waals surface area contributed by atoms with Crippen molar-refractivity contribution in [2.24, 2.45) is 11.8 Å². The minimum atomic E-state index is 0.812. The van der Waals surface area contributed by atoms with Crippen molar-refractivity contribution in [3.8, 4) is 0 Å². The fourth-order valence-electron chi connectivity index (χ4n) is 2.89. The second kappa shape index (κ2) is 5.80. The first-order valence-corrected chi connectivity index (χ1v) is 8.63. The fourth-order valence-corrected chi connectivity index (χ4v) is 4.31. The molecule has 0 radical (unpaired) electrons. The molecule has 1 N–H and O–H groups in total. The van der Waals surface area contributed by atoms with E-state index in [-0.39, 0.29) is 0 Å². The first-order chi connectivity index (χ1) is 9.22. The van der Waals surface area contributed by atoms with Gasteiger partial charge in [0.25, 0.3) is 0 Å². The first kappa shape index (κ1) is 13.4. The third-order valence-electron chi connectivity index (χ3n) is 4.16. The van der Waals surface area contributed by atoms with Crippen molar-refractivity contribution < 1.29 is 0 Å². The van der Waals surface area contributed by atoms with Gasteiger partial charge in [0.2, 0.25) is 0 Å². The van der Waals surface area contributed by atoms with Gasteiger partial charge in [-0.1, -0.05) is 53.5 Å². The van der Waals surface area contributed by atoms with Gasteiger partial charge in [-0.25, -0.2) is 4.98 Å². The molecule has 1 aromatic carbocycles. The van der Waals surface area contributed by atoms with E-state index in [0.717, 1.165) is 33.5 Å². The molecule has 1 saturated carbocycles. The van der Waals surface area contributed by atoms with Crippen LogP contribution in [-0.2, 0) is 0 Å². The van der Waals surface area contributed by atoms with Crippen LogP contribution < -0.4 is 5.32 Å². The van der Waals surface area contributed by atoms with Crippen molar-refractivity contribution in [2.45, 2.75) is 32.6 Å². The Labute approximate surface area is 126 Å². The van der Waals surface area contributed by atoms with E-state index in [1.165, 1.54) is 30.4 Å². The van der Waals surface area contributed by atoms with E-state index in [1.54, 1.807) is 11.3 Å². The number of hydrogen-bond donors (Lipinski definition) is 1. The van der Waals surface area contributed by atoms with E-state index in [0.29, 0.717) is 0 Å². The highest BCUT2D eigenvalue weighted by Gasteiger charge is 2.21. The average molecular weight is 339 g/mol. The van der Waals surface area contributed by atoms with Gasteiger partial charge in [-0.2, -0.15) is 0 Å². The number of hydrogen-bond acceptors (Lipinski definition) is 3. The lowest BCUT2D eigenvalue weighted by Crippen LogP contribution is -2.24. The maximum Gasteiger partial charge on any atom is 0.183 e. The van der Waals surface area contributed by atoms with Crippen molar-refractivity contribution in [3.05, 3.63) is 22.7 Å². The molecule has 2 unspecified atom stereocenters. The highest BCUT2D eigenvalue weighted by Crippen LogP contribution is 2.32. The number of aromatic nitrogens is 1. The standard InChI is InChI=1S/C15H19BrN2S/c1-10-4-2-3-5-11(10)9-17-15-18-13-7-6-12(16)8-14(13)19-15/h6-8,10-11H,2-5,9H2,1H3,(H,17,18). The van der Waals surface area contributed by atoms with Crippen LogP contribution in [0.5, 0.6) is 0 Å². The van der Waals surface area contributed by atoms with E-state index in [4.69, 9.17) is 0 Å². The molecule has 0 spiro atoms. The molecule has 2 nitrogen and oxygen atoms in total. The quantitative estimate of drug-likeness (QED) is 0.821. The predicted molar refractivity (Wildman–Crippen MR) is 86.9 cm³/mol. The van der Waals surface area contributed by atoms with Crippen LogP contribution in [0.1, 0.15) is 32.6 Å². The van der Waals surface area contributed by atoms with Gasteiger partial charge in [0.15, 0.2) is 5.13 Å². The molecule has 19 heavy (non-hydrogen) atoms. The van der Waals surface area contributed by atoms with Crippen molar-refractivity contribution >= 4 is 42.6 Å². The molecule has 1 aromatic heterocycles. The lowest BCUT2D eigenvalue weighted by Gasteiger charge is -2.28. The first-order valence-electron chi connectivity index (χ1n) is 7.02. The van der Waals surface area contributed by atoms with Gasteiger partial charge in [0.05, 0.1) is 10.2 Å². The van der Waals surface area contributed by atoms with Gasteiger partial charge in [0, 0.05) is 11.0 Å². The number of nitrogens with one attached hydrogen (secondary N) is 1. The van der Waals surface area contributed by atoms with Gasteiger partial charge in [0.1, 0.15) is 0 Å².